The number of nitrogens with zero attached hydrogens (tertiary/aromatic N) is 3. The second-order valence-corrected chi connectivity index (χ2v) is 5.33. The molecule has 0 atom stereocenters. The van der Waals surface area contributed by atoms with E-state index < -0.39 is 0 Å². The van der Waals surface area contributed by atoms with Crippen LogP contribution in [-0.2, 0) is 17.9 Å². The maximum absolute atomic E-state index is 11.9. The molecular weight excluding hydrogens is 298 g/mol. The van der Waals surface area contributed by atoms with Crippen LogP contribution in [0.3, 0.4) is 0 Å². The molecule has 23 heavy (non-hydrogen) atoms. The molecule has 0 saturated heterocycles. The first-order chi connectivity index (χ1) is 10.8. The Kier molecular flexibility index (Phi) is 5.05. The maximum atomic E-state index is 11.9. The predicted octanol–water partition coefficient (Wildman–Crippen LogP) is -0.0416. The molecule has 2 heterocycles. The number of aryl methyl sites for hydroxylation is 3. The lowest BCUT2D eigenvalue weighted by Gasteiger charge is -2.10. The Morgan fingerprint density at radius 2 is 1.87 bits per heavy atom. The van der Waals surface area contributed by atoms with Crippen molar-refractivity contribution >= 4 is 5.91 Å². The molecule has 0 unspecified atom stereocenters. The molecule has 0 aliphatic heterocycles. The van der Waals surface area contributed by atoms with Gasteiger partial charge in [0.25, 0.3) is 5.56 Å². The summed E-state index contributed by atoms with van der Waals surface area (Å²) in [7, 11) is 0. The Hall–Kier alpha value is -2.77. The van der Waals surface area contributed by atoms with Crippen LogP contribution in [0.2, 0.25) is 0 Å². The van der Waals surface area contributed by atoms with Gasteiger partial charge in [-0.1, -0.05) is 0 Å². The van der Waals surface area contributed by atoms with Gasteiger partial charge in [-0.05, 0) is 26.8 Å². The van der Waals surface area contributed by atoms with Crippen LogP contribution in [0, 0.1) is 20.8 Å². The number of nitrogens with one attached hydrogen (secondary N) is 2. The van der Waals surface area contributed by atoms with Crippen LogP contribution in [-0.4, -0.2) is 25.4 Å². The van der Waals surface area contributed by atoms with Gasteiger partial charge in [0.2, 0.25) is 5.91 Å². The average molecular weight is 317 g/mol. The lowest BCUT2D eigenvalue weighted by molar-refractivity contribution is -0.121. The first-order valence-electron chi connectivity index (χ1n) is 7.24. The van der Waals surface area contributed by atoms with Crippen LogP contribution in [0.4, 0.5) is 0 Å². The minimum absolute atomic E-state index is 0.135. The largest absolute Gasteiger partial charge is 0.349 e. The van der Waals surface area contributed by atoms with E-state index in [4.69, 9.17) is 0 Å². The van der Waals surface area contributed by atoms with E-state index in [0.29, 0.717) is 17.2 Å². The highest BCUT2D eigenvalue weighted by atomic mass is 16.2. The molecular formula is C15H19N5O3. The van der Waals surface area contributed by atoms with Gasteiger partial charge in [-0.25, -0.2) is 9.78 Å². The third-order valence-electron chi connectivity index (χ3n) is 3.28. The molecule has 2 N–H and O–H groups in total. The number of carbonyl (C=O) groups is 1. The van der Waals surface area contributed by atoms with Crippen LogP contribution in [0.5, 0.6) is 0 Å². The van der Waals surface area contributed by atoms with Crippen molar-refractivity contribution in [2.45, 2.75) is 40.3 Å². The van der Waals surface area contributed by atoms with Crippen molar-refractivity contribution < 1.29 is 4.79 Å². The number of hydrogen-bond donors (Lipinski definition) is 2. The van der Waals surface area contributed by atoms with Gasteiger partial charge in [0, 0.05) is 36.1 Å². The molecule has 0 bridgehead atoms. The first-order valence-corrected chi connectivity index (χ1v) is 7.24. The zero-order valence-electron chi connectivity index (χ0n) is 13.3. The molecule has 0 saturated carbocycles. The van der Waals surface area contributed by atoms with Gasteiger partial charge in [0.1, 0.15) is 5.82 Å². The summed E-state index contributed by atoms with van der Waals surface area (Å²) in [5, 5.41) is 2.67. The molecule has 2 aromatic rings. The number of rotatable bonds is 5. The molecule has 122 valence electrons. The first kappa shape index (κ1) is 16.6. The van der Waals surface area contributed by atoms with E-state index in [1.54, 1.807) is 26.8 Å². The summed E-state index contributed by atoms with van der Waals surface area (Å²) in [5.41, 5.74) is 1.39. The fourth-order valence-corrected chi connectivity index (χ4v) is 2.26. The number of carbonyl (C=O) groups excluding carboxylic acids is 1. The molecule has 8 nitrogen and oxygen atoms in total. The van der Waals surface area contributed by atoms with Crippen molar-refractivity contribution in [3.8, 4) is 0 Å². The van der Waals surface area contributed by atoms with Crippen molar-refractivity contribution in [3.05, 3.63) is 55.9 Å². The molecule has 0 aromatic carbocycles. The Morgan fingerprint density at radius 3 is 2.52 bits per heavy atom. The highest BCUT2D eigenvalue weighted by Gasteiger charge is 2.07. The van der Waals surface area contributed by atoms with Crippen molar-refractivity contribution in [1.82, 2.24) is 24.8 Å². The van der Waals surface area contributed by atoms with E-state index in [-0.39, 0.29) is 36.7 Å². The summed E-state index contributed by atoms with van der Waals surface area (Å²) in [6, 6.07) is 3.17. The molecule has 8 heteroatoms. The van der Waals surface area contributed by atoms with Crippen LogP contribution in [0.25, 0.3) is 0 Å². The highest BCUT2D eigenvalue weighted by molar-refractivity contribution is 5.75. The smallest absolute Gasteiger partial charge is 0.347 e. The normalized spacial score (nSPS) is 10.6. The van der Waals surface area contributed by atoms with Crippen molar-refractivity contribution in [2.75, 3.05) is 0 Å². The summed E-state index contributed by atoms with van der Waals surface area (Å²) in [6.07, 6.45) is 0.140. The second kappa shape index (κ2) is 6.99. The number of aromatic amines is 1. The molecule has 0 aliphatic carbocycles. The lowest BCUT2D eigenvalue weighted by atomic mass is 10.3. The van der Waals surface area contributed by atoms with E-state index in [0.717, 1.165) is 5.69 Å². The summed E-state index contributed by atoms with van der Waals surface area (Å²) in [6.45, 7) is 5.65. The molecule has 0 fully saturated rings. The van der Waals surface area contributed by atoms with Gasteiger partial charge < -0.3 is 10.3 Å². The van der Waals surface area contributed by atoms with E-state index in [1.807, 2.05) is 0 Å². The molecule has 2 rings (SSSR count). The van der Waals surface area contributed by atoms with Crippen LogP contribution in [0.1, 0.15) is 29.3 Å². The quantitative estimate of drug-likeness (QED) is 0.804. The highest BCUT2D eigenvalue weighted by Crippen LogP contribution is 1.98. The number of amides is 1. The van der Waals surface area contributed by atoms with Gasteiger partial charge in [0.05, 0.1) is 6.54 Å². The van der Waals surface area contributed by atoms with Crippen molar-refractivity contribution in [1.29, 1.82) is 0 Å². The Balaban J connectivity index is 1.93. The van der Waals surface area contributed by atoms with Crippen LogP contribution in [0.15, 0.2) is 21.7 Å². The topological polar surface area (TPSA) is 110 Å². The van der Waals surface area contributed by atoms with Crippen LogP contribution >= 0.6 is 0 Å². The molecule has 2 aromatic heterocycles. The number of hydrogen-bond acceptors (Lipinski definition) is 5. The molecule has 1 amide bonds. The molecule has 0 radical (unpaired) electrons. The van der Waals surface area contributed by atoms with Gasteiger partial charge in [-0.3, -0.25) is 14.2 Å². The summed E-state index contributed by atoms with van der Waals surface area (Å²) in [4.78, 5) is 45.5. The second-order valence-electron chi connectivity index (χ2n) is 5.33. The van der Waals surface area contributed by atoms with Gasteiger partial charge >= 0.3 is 5.69 Å². The van der Waals surface area contributed by atoms with E-state index in [9.17, 15) is 14.4 Å². The fraction of sp³-hybridized carbons (Fsp3) is 0.400. The molecule has 0 aliphatic rings. The maximum Gasteiger partial charge on any atom is 0.347 e. The van der Waals surface area contributed by atoms with Gasteiger partial charge in [-0.2, -0.15) is 4.98 Å². The zero-order valence-corrected chi connectivity index (χ0v) is 13.3. The summed E-state index contributed by atoms with van der Waals surface area (Å²) in [5.74, 6) is 0.162. The van der Waals surface area contributed by atoms with E-state index >= 15 is 0 Å². The van der Waals surface area contributed by atoms with Crippen molar-refractivity contribution in [2.24, 2.45) is 0 Å². The van der Waals surface area contributed by atoms with Gasteiger partial charge in [-0.15, -0.1) is 0 Å². The zero-order chi connectivity index (χ0) is 17.0. The Bertz CT molecular complexity index is 838. The molecule has 0 spiro atoms. The number of aromatic nitrogens is 4. The third-order valence-corrected chi connectivity index (χ3v) is 3.28. The number of H-pyrrole nitrogens is 1. The summed E-state index contributed by atoms with van der Waals surface area (Å²) >= 11 is 0. The predicted molar refractivity (Wildman–Crippen MR) is 84.0 cm³/mol. The van der Waals surface area contributed by atoms with Gasteiger partial charge in [0.15, 0.2) is 0 Å². The standard InChI is InChI=1S/C15H19N5O3/c1-9-6-11(3)20(15(23)18-9)5-4-13(21)16-8-12-17-10(2)7-14(22)19-12/h6-7H,4-5,8H2,1-3H3,(H,16,21)(H,17,19,22). The summed E-state index contributed by atoms with van der Waals surface area (Å²) < 4.78 is 1.46. The minimum atomic E-state index is -0.361. The van der Waals surface area contributed by atoms with E-state index in [1.165, 1.54) is 10.6 Å². The average Bonchev–Trinajstić information content (AvgIpc) is 2.43. The van der Waals surface area contributed by atoms with Crippen molar-refractivity contribution in [3.63, 3.8) is 0 Å². The minimum Gasteiger partial charge on any atom is -0.349 e. The lowest BCUT2D eigenvalue weighted by Crippen LogP contribution is -2.30. The third kappa shape index (κ3) is 4.60. The van der Waals surface area contributed by atoms with Crippen LogP contribution < -0.4 is 16.6 Å². The monoisotopic (exact) mass is 317 g/mol. The van der Waals surface area contributed by atoms with E-state index in [2.05, 4.69) is 20.3 Å². The Morgan fingerprint density at radius 1 is 1.17 bits per heavy atom. The fourth-order valence-electron chi connectivity index (χ4n) is 2.26. The SMILES string of the molecule is Cc1cc(=O)[nH]c(CNC(=O)CCn2c(C)cc(C)nc2=O)n1. The Labute approximate surface area is 132 Å².